The van der Waals surface area contributed by atoms with E-state index in [0.29, 0.717) is 10.8 Å². The summed E-state index contributed by atoms with van der Waals surface area (Å²) in [5, 5.41) is 3.05. The Bertz CT molecular complexity index is 342. The summed E-state index contributed by atoms with van der Waals surface area (Å²) in [5.74, 6) is 0.0396. The Balaban J connectivity index is 2.65. The minimum atomic E-state index is -0.675. The van der Waals surface area contributed by atoms with Crippen LogP contribution < -0.4 is 11.1 Å². The number of amides is 1. The number of rotatable bonds is 4. The average Bonchev–Trinajstić information content (AvgIpc) is 2.19. The van der Waals surface area contributed by atoms with E-state index in [4.69, 9.17) is 22.1 Å². The predicted octanol–water partition coefficient (Wildman–Crippen LogP) is 0.647. The average molecular weight is 230 g/mol. The number of halogens is 1. The van der Waals surface area contributed by atoms with Crippen LogP contribution in [0.5, 0.6) is 0 Å². The molecule has 0 fully saturated rings. The topological polar surface area (TPSA) is 77.2 Å². The van der Waals surface area contributed by atoms with Gasteiger partial charge in [0.15, 0.2) is 0 Å². The summed E-state index contributed by atoms with van der Waals surface area (Å²) in [6, 6.07) is 3.16. The molecule has 1 atom stereocenters. The highest BCUT2D eigenvalue weighted by atomic mass is 35.5. The SMILES string of the molecule is COC(CN)C(=O)Nc1cc(Cl)ccn1. The predicted molar refractivity (Wildman–Crippen MR) is 57.7 cm³/mol. The maximum Gasteiger partial charge on any atom is 0.255 e. The highest BCUT2D eigenvalue weighted by Crippen LogP contribution is 2.11. The van der Waals surface area contributed by atoms with Crippen molar-refractivity contribution < 1.29 is 9.53 Å². The number of nitrogens with two attached hydrogens (primary N) is 1. The Morgan fingerprint density at radius 3 is 3.07 bits per heavy atom. The van der Waals surface area contributed by atoms with Gasteiger partial charge in [-0.1, -0.05) is 11.6 Å². The molecule has 0 aliphatic heterocycles. The standard InChI is InChI=1S/C9H12ClN3O2/c1-15-7(5-11)9(14)13-8-4-6(10)2-3-12-8/h2-4,7H,5,11H2,1H3,(H,12,13,14). The van der Waals surface area contributed by atoms with E-state index in [1.165, 1.54) is 13.3 Å². The fraction of sp³-hybridized carbons (Fsp3) is 0.333. The molecule has 0 aliphatic rings. The Morgan fingerprint density at radius 1 is 1.80 bits per heavy atom. The number of pyridine rings is 1. The summed E-state index contributed by atoms with van der Waals surface area (Å²) in [5.41, 5.74) is 5.34. The fourth-order valence-corrected chi connectivity index (χ4v) is 1.15. The number of aromatic nitrogens is 1. The van der Waals surface area contributed by atoms with Gasteiger partial charge in [0.1, 0.15) is 11.9 Å². The van der Waals surface area contributed by atoms with Crippen molar-refractivity contribution >= 4 is 23.3 Å². The maximum atomic E-state index is 11.5. The van der Waals surface area contributed by atoms with Crippen LogP contribution in [-0.2, 0) is 9.53 Å². The number of nitrogens with one attached hydrogen (secondary N) is 1. The quantitative estimate of drug-likeness (QED) is 0.795. The van der Waals surface area contributed by atoms with Crippen molar-refractivity contribution in [2.24, 2.45) is 5.73 Å². The van der Waals surface area contributed by atoms with Gasteiger partial charge in [0.05, 0.1) is 0 Å². The van der Waals surface area contributed by atoms with Crippen molar-refractivity contribution in [1.82, 2.24) is 4.98 Å². The molecule has 1 unspecified atom stereocenters. The van der Waals surface area contributed by atoms with Gasteiger partial charge in [0, 0.05) is 24.9 Å². The van der Waals surface area contributed by atoms with Gasteiger partial charge in [-0.15, -0.1) is 0 Å². The maximum absolute atomic E-state index is 11.5. The summed E-state index contributed by atoms with van der Waals surface area (Å²) in [6.07, 6.45) is 0.827. The normalized spacial score (nSPS) is 12.2. The lowest BCUT2D eigenvalue weighted by atomic mass is 10.3. The van der Waals surface area contributed by atoms with Crippen molar-refractivity contribution in [3.63, 3.8) is 0 Å². The molecule has 0 saturated heterocycles. The molecule has 1 amide bonds. The molecule has 3 N–H and O–H groups in total. The molecule has 6 heteroatoms. The van der Waals surface area contributed by atoms with E-state index < -0.39 is 6.10 Å². The van der Waals surface area contributed by atoms with Gasteiger partial charge in [0.2, 0.25) is 0 Å². The van der Waals surface area contributed by atoms with Crippen LogP contribution in [0.3, 0.4) is 0 Å². The van der Waals surface area contributed by atoms with Crippen molar-refractivity contribution in [2.45, 2.75) is 6.10 Å². The minimum Gasteiger partial charge on any atom is -0.370 e. The number of methoxy groups -OCH3 is 1. The number of hydrogen-bond donors (Lipinski definition) is 2. The first kappa shape index (κ1) is 11.9. The summed E-state index contributed by atoms with van der Waals surface area (Å²) < 4.78 is 4.87. The van der Waals surface area contributed by atoms with Crippen LogP contribution in [0.15, 0.2) is 18.3 Å². The lowest BCUT2D eigenvalue weighted by Crippen LogP contribution is -2.36. The highest BCUT2D eigenvalue weighted by molar-refractivity contribution is 6.30. The second-order valence-electron chi connectivity index (χ2n) is 2.81. The van der Waals surface area contributed by atoms with Crippen LogP contribution in [0.2, 0.25) is 5.02 Å². The van der Waals surface area contributed by atoms with Gasteiger partial charge in [-0.05, 0) is 12.1 Å². The van der Waals surface area contributed by atoms with Crippen LogP contribution >= 0.6 is 11.6 Å². The van der Waals surface area contributed by atoms with E-state index >= 15 is 0 Å². The van der Waals surface area contributed by atoms with Crippen LogP contribution in [0, 0.1) is 0 Å². The molecule has 0 saturated carbocycles. The van der Waals surface area contributed by atoms with Crippen LogP contribution in [-0.4, -0.2) is 30.6 Å². The number of carbonyl (C=O) groups excluding carboxylic acids is 1. The molecule has 0 radical (unpaired) electrons. The molecule has 15 heavy (non-hydrogen) atoms. The zero-order valence-electron chi connectivity index (χ0n) is 8.24. The van der Waals surface area contributed by atoms with Crippen LogP contribution in [0.25, 0.3) is 0 Å². The molecular weight excluding hydrogens is 218 g/mol. The zero-order valence-corrected chi connectivity index (χ0v) is 8.99. The summed E-state index contributed by atoms with van der Waals surface area (Å²) in [7, 11) is 1.42. The van der Waals surface area contributed by atoms with Crippen molar-refractivity contribution in [3.05, 3.63) is 23.4 Å². The van der Waals surface area contributed by atoms with E-state index in [1.807, 2.05) is 0 Å². The molecule has 0 bridgehead atoms. The van der Waals surface area contributed by atoms with Gasteiger partial charge in [0.25, 0.3) is 5.91 Å². The first-order valence-electron chi connectivity index (χ1n) is 4.32. The molecule has 0 spiro atoms. The molecule has 0 aromatic carbocycles. The molecular formula is C9H12ClN3O2. The van der Waals surface area contributed by atoms with E-state index in [2.05, 4.69) is 10.3 Å². The van der Waals surface area contributed by atoms with E-state index in [9.17, 15) is 4.79 Å². The zero-order chi connectivity index (χ0) is 11.3. The molecule has 5 nitrogen and oxygen atoms in total. The van der Waals surface area contributed by atoms with Crippen molar-refractivity contribution in [1.29, 1.82) is 0 Å². The minimum absolute atomic E-state index is 0.114. The van der Waals surface area contributed by atoms with Crippen molar-refractivity contribution in [2.75, 3.05) is 19.0 Å². The first-order chi connectivity index (χ1) is 7.17. The van der Waals surface area contributed by atoms with Crippen LogP contribution in [0.4, 0.5) is 5.82 Å². The molecule has 1 aromatic rings. The Hall–Kier alpha value is -1.17. The summed E-state index contributed by atoms with van der Waals surface area (Å²) in [6.45, 7) is 0.114. The summed E-state index contributed by atoms with van der Waals surface area (Å²) in [4.78, 5) is 15.4. The number of anilines is 1. The molecule has 0 aliphatic carbocycles. The number of ether oxygens (including phenoxy) is 1. The number of nitrogens with zero attached hydrogens (tertiary/aromatic N) is 1. The van der Waals surface area contributed by atoms with Crippen LogP contribution in [0.1, 0.15) is 0 Å². The molecule has 1 aromatic heterocycles. The second kappa shape index (κ2) is 5.65. The second-order valence-corrected chi connectivity index (χ2v) is 3.25. The third kappa shape index (κ3) is 3.47. The van der Waals surface area contributed by atoms with Gasteiger partial charge < -0.3 is 15.8 Å². The molecule has 1 heterocycles. The monoisotopic (exact) mass is 229 g/mol. The van der Waals surface area contributed by atoms with Gasteiger partial charge >= 0.3 is 0 Å². The van der Waals surface area contributed by atoms with Gasteiger partial charge in [-0.2, -0.15) is 0 Å². The third-order valence-corrected chi connectivity index (χ3v) is 2.00. The van der Waals surface area contributed by atoms with E-state index in [1.54, 1.807) is 12.1 Å². The van der Waals surface area contributed by atoms with Crippen molar-refractivity contribution in [3.8, 4) is 0 Å². The Labute approximate surface area is 92.6 Å². The lowest BCUT2D eigenvalue weighted by Gasteiger charge is -2.12. The van der Waals surface area contributed by atoms with Gasteiger partial charge in [-0.3, -0.25) is 4.79 Å². The first-order valence-corrected chi connectivity index (χ1v) is 4.70. The van der Waals surface area contributed by atoms with E-state index in [0.717, 1.165) is 0 Å². The number of hydrogen-bond acceptors (Lipinski definition) is 4. The third-order valence-electron chi connectivity index (χ3n) is 1.76. The molecule has 1 rings (SSSR count). The number of carbonyl (C=O) groups is 1. The largest absolute Gasteiger partial charge is 0.370 e. The highest BCUT2D eigenvalue weighted by Gasteiger charge is 2.15. The lowest BCUT2D eigenvalue weighted by molar-refractivity contribution is -0.125. The Kier molecular flexibility index (Phi) is 4.48. The Morgan fingerprint density at radius 2 is 2.53 bits per heavy atom. The van der Waals surface area contributed by atoms with E-state index in [-0.39, 0.29) is 12.5 Å². The fourth-order valence-electron chi connectivity index (χ4n) is 0.990. The summed E-state index contributed by atoms with van der Waals surface area (Å²) >= 11 is 5.73. The van der Waals surface area contributed by atoms with Gasteiger partial charge in [-0.25, -0.2) is 4.98 Å². The smallest absolute Gasteiger partial charge is 0.255 e. The molecule has 82 valence electrons.